The van der Waals surface area contributed by atoms with E-state index < -0.39 is 41.2 Å². The van der Waals surface area contributed by atoms with Crippen molar-refractivity contribution in [2.75, 3.05) is 13.7 Å². The average Bonchev–Trinajstić information content (AvgIpc) is 3.93. The van der Waals surface area contributed by atoms with Gasteiger partial charge in [-0.05, 0) is 78.3 Å². The molecule has 3 atom stereocenters. The number of nitrogens with one attached hydrogen (secondary N) is 2. The Morgan fingerprint density at radius 2 is 1.26 bits per heavy atom. The molecule has 356 valence electrons. The van der Waals surface area contributed by atoms with E-state index >= 15 is 0 Å². The fourth-order valence-corrected chi connectivity index (χ4v) is 11.6. The van der Waals surface area contributed by atoms with Crippen LogP contribution in [0, 0.1) is 5.92 Å². The van der Waals surface area contributed by atoms with Crippen LogP contribution in [0.3, 0.4) is 0 Å². The summed E-state index contributed by atoms with van der Waals surface area (Å²) in [4.78, 5) is 58.5. The predicted octanol–water partition coefficient (Wildman–Crippen LogP) is 12.2. The second kappa shape index (κ2) is 21.6. The van der Waals surface area contributed by atoms with Gasteiger partial charge in [-0.15, -0.1) is 0 Å². The number of hydrogen-bond donors (Lipinski definition) is 2. The number of alkyl carbamates (subject to hydrolysis) is 1. The lowest BCUT2D eigenvalue weighted by Gasteiger charge is -2.38. The number of ether oxygens (including phenoxy) is 2. The summed E-state index contributed by atoms with van der Waals surface area (Å²) in [6.45, 7) is 5.65. The van der Waals surface area contributed by atoms with Gasteiger partial charge in [0.15, 0.2) is 5.60 Å². The zero-order valence-electron chi connectivity index (χ0n) is 40.0. The monoisotopic (exact) mass is 935 g/mol. The van der Waals surface area contributed by atoms with E-state index in [4.69, 9.17) is 21.1 Å². The third-order valence-corrected chi connectivity index (χ3v) is 15.0. The van der Waals surface area contributed by atoms with Gasteiger partial charge < -0.3 is 25.0 Å². The summed E-state index contributed by atoms with van der Waals surface area (Å²) in [6, 6.07) is 40.4. The summed E-state index contributed by atoms with van der Waals surface area (Å²) >= 11 is 7.02. The van der Waals surface area contributed by atoms with E-state index in [2.05, 4.69) is 59.2 Å². The molecule has 3 aliphatic carbocycles. The number of rotatable bonds is 15. The molecule has 0 spiro atoms. The van der Waals surface area contributed by atoms with Crippen LogP contribution < -0.4 is 10.6 Å². The van der Waals surface area contributed by atoms with Crippen LogP contribution in [0.4, 0.5) is 4.79 Å². The number of benzene rings is 5. The third-order valence-electron chi connectivity index (χ3n) is 14.6. The highest BCUT2D eigenvalue weighted by atomic mass is 35.5. The Kier molecular flexibility index (Phi) is 15.4. The first kappa shape index (κ1) is 48.5. The van der Waals surface area contributed by atoms with E-state index in [9.17, 15) is 19.2 Å². The summed E-state index contributed by atoms with van der Waals surface area (Å²) < 4.78 is 12.7. The number of fused-ring (bicyclic) bond motifs is 3. The van der Waals surface area contributed by atoms with E-state index in [-0.39, 0.29) is 30.8 Å². The minimum atomic E-state index is -1.40. The molecule has 2 fully saturated rings. The lowest BCUT2D eigenvalue weighted by molar-refractivity contribution is -0.154. The molecule has 0 radical (unpaired) electrons. The number of amides is 3. The second-order valence-corrected chi connectivity index (χ2v) is 20.0. The van der Waals surface area contributed by atoms with E-state index in [0.717, 1.165) is 59.1 Å². The molecule has 10 heteroatoms. The van der Waals surface area contributed by atoms with Gasteiger partial charge in [0.05, 0.1) is 6.42 Å². The summed E-state index contributed by atoms with van der Waals surface area (Å²) in [7, 11) is 1.62. The molecule has 8 rings (SSSR count). The molecule has 0 saturated heterocycles. The van der Waals surface area contributed by atoms with Crippen LogP contribution in [0.2, 0.25) is 5.02 Å². The molecule has 0 bridgehead atoms. The first-order chi connectivity index (χ1) is 32.9. The summed E-state index contributed by atoms with van der Waals surface area (Å²) in [6.07, 6.45) is 10.1. The first-order valence-corrected chi connectivity index (χ1v) is 25.1. The molecule has 68 heavy (non-hydrogen) atoms. The van der Waals surface area contributed by atoms with Crippen LogP contribution in [0.25, 0.3) is 11.1 Å². The van der Waals surface area contributed by atoms with Crippen molar-refractivity contribution in [3.63, 3.8) is 0 Å². The maximum Gasteiger partial charge on any atom is 0.408 e. The standard InChI is InChI=1S/C58H66ClN3O6/c1-39(2)53(62(4)55(65)57(35-19-20-36-57)61-56(66)67-38-49-47-27-15-13-25-45(47)46-26-14-16-28-48(46)49)54(64)60-40(3)37-52(63)68-58(43-23-11-8-12-24-43,50-29-17-18-30-51(50)59)44-33-31-42(32-34-44)41-21-9-6-5-7-10-22-41/h8,11-18,23-34,39-41,49,53H,5-7,9-10,19-22,35-38H2,1-4H3,(H,60,64)(H,61,66)/t40-,53+,58?/m1/s1. The maximum absolute atomic E-state index is 14.6. The number of halogens is 1. The SMILES string of the molecule is CC(C)[C@@H](C(=O)N[C@H](C)CC(=O)OC(c1ccccc1)(c1ccc(C2CCCCCCC2)cc1)c1ccccc1Cl)N(C)C(=O)C1(NC(=O)OCC2c3ccccc3-c3ccccc32)CCCC1. The van der Waals surface area contributed by atoms with Crippen molar-refractivity contribution in [1.82, 2.24) is 15.5 Å². The van der Waals surface area contributed by atoms with Gasteiger partial charge in [-0.25, -0.2) is 4.79 Å². The fraction of sp³-hybridized carbons (Fsp3) is 0.414. The summed E-state index contributed by atoms with van der Waals surface area (Å²) in [5.74, 6) is -1.24. The molecule has 5 aromatic carbocycles. The fourth-order valence-electron chi connectivity index (χ4n) is 11.3. The van der Waals surface area contributed by atoms with Gasteiger partial charge in [-0.3, -0.25) is 14.4 Å². The smallest absolute Gasteiger partial charge is 0.408 e. The summed E-state index contributed by atoms with van der Waals surface area (Å²) in [5, 5.41) is 6.47. The Balaban J connectivity index is 0.966. The molecule has 0 aromatic heterocycles. The molecule has 3 amide bonds. The Labute approximate surface area is 407 Å². The second-order valence-electron chi connectivity index (χ2n) is 19.6. The molecule has 5 aromatic rings. The zero-order valence-corrected chi connectivity index (χ0v) is 40.7. The minimum Gasteiger partial charge on any atom is -0.449 e. The number of hydrogen-bond acceptors (Lipinski definition) is 6. The number of esters is 1. The van der Waals surface area contributed by atoms with Crippen LogP contribution in [0.5, 0.6) is 0 Å². The molecule has 9 nitrogen and oxygen atoms in total. The van der Waals surface area contributed by atoms with Gasteiger partial charge in [-0.1, -0.05) is 192 Å². The number of nitrogens with zero attached hydrogens (tertiary/aromatic N) is 1. The first-order valence-electron chi connectivity index (χ1n) is 24.8. The van der Waals surface area contributed by atoms with Crippen LogP contribution in [-0.4, -0.2) is 60.1 Å². The van der Waals surface area contributed by atoms with E-state index in [0.29, 0.717) is 29.3 Å². The van der Waals surface area contributed by atoms with Gasteiger partial charge in [-0.2, -0.15) is 0 Å². The Hall–Kier alpha value is -5.93. The van der Waals surface area contributed by atoms with E-state index in [1.807, 2.05) is 86.6 Å². The zero-order chi connectivity index (χ0) is 47.8. The van der Waals surface area contributed by atoms with Gasteiger partial charge in [0, 0.05) is 40.7 Å². The highest BCUT2D eigenvalue weighted by molar-refractivity contribution is 6.31. The third kappa shape index (κ3) is 10.2. The lowest BCUT2D eigenvalue weighted by atomic mass is 9.78. The molecule has 1 unspecified atom stereocenters. The highest BCUT2D eigenvalue weighted by Crippen LogP contribution is 2.46. The Morgan fingerprint density at radius 1 is 0.706 bits per heavy atom. The molecule has 2 N–H and O–H groups in total. The van der Waals surface area contributed by atoms with Crippen molar-refractivity contribution < 1.29 is 28.7 Å². The highest BCUT2D eigenvalue weighted by Gasteiger charge is 2.48. The topological polar surface area (TPSA) is 114 Å². The Morgan fingerprint density at radius 3 is 1.88 bits per heavy atom. The average molecular weight is 937 g/mol. The van der Waals surface area contributed by atoms with Crippen molar-refractivity contribution in [1.29, 1.82) is 0 Å². The number of carbonyl (C=O) groups excluding carboxylic acids is 4. The van der Waals surface area contributed by atoms with Crippen molar-refractivity contribution >= 4 is 35.5 Å². The van der Waals surface area contributed by atoms with Crippen molar-refractivity contribution in [2.24, 2.45) is 5.92 Å². The van der Waals surface area contributed by atoms with Crippen molar-refractivity contribution in [3.8, 4) is 11.1 Å². The van der Waals surface area contributed by atoms with E-state index in [1.165, 1.54) is 42.6 Å². The molecule has 3 aliphatic rings. The molecule has 0 aliphatic heterocycles. The van der Waals surface area contributed by atoms with Gasteiger partial charge in [0.25, 0.3) is 0 Å². The summed E-state index contributed by atoms with van der Waals surface area (Å²) in [5.41, 5.74) is 5.25. The molecule has 2 saturated carbocycles. The maximum atomic E-state index is 14.6. The lowest BCUT2D eigenvalue weighted by Crippen LogP contribution is -2.62. The molecular formula is C58H66ClN3O6. The van der Waals surface area contributed by atoms with Gasteiger partial charge in [0.2, 0.25) is 11.8 Å². The van der Waals surface area contributed by atoms with Crippen molar-refractivity contribution in [3.05, 3.63) is 166 Å². The van der Waals surface area contributed by atoms with Crippen LogP contribution in [0.1, 0.15) is 143 Å². The quantitative estimate of drug-likeness (QED) is 0.0798. The van der Waals surface area contributed by atoms with Crippen LogP contribution in [-0.2, 0) is 29.5 Å². The number of carbonyl (C=O) groups is 4. The Bertz CT molecular complexity index is 2500. The number of likely N-dealkylation sites (N-methyl/N-ethyl adjacent to an activating group) is 1. The van der Waals surface area contributed by atoms with Crippen molar-refractivity contribution in [2.45, 2.75) is 133 Å². The minimum absolute atomic E-state index is 0.120. The molecule has 0 heterocycles. The largest absolute Gasteiger partial charge is 0.449 e. The normalized spacial score (nSPS) is 17.6. The van der Waals surface area contributed by atoms with E-state index in [1.54, 1.807) is 20.0 Å². The van der Waals surface area contributed by atoms with Gasteiger partial charge in [0.1, 0.15) is 18.2 Å². The molecular weight excluding hydrogens is 870 g/mol. The van der Waals surface area contributed by atoms with Crippen LogP contribution in [0.15, 0.2) is 127 Å². The van der Waals surface area contributed by atoms with Gasteiger partial charge >= 0.3 is 12.1 Å². The van der Waals surface area contributed by atoms with Crippen LogP contribution >= 0.6 is 11.6 Å². The predicted molar refractivity (Wildman–Crippen MR) is 268 cm³/mol.